The molecule has 7 aliphatic rings. The maximum atomic E-state index is 13.6. The molecule has 15 rings (SSSR count). The second-order valence-electron chi connectivity index (χ2n) is 23.6. The van der Waals surface area contributed by atoms with E-state index in [9.17, 15) is 13.2 Å². The van der Waals surface area contributed by atoms with E-state index in [1.807, 2.05) is 67.0 Å². The molecule has 3 aromatic heterocycles. The van der Waals surface area contributed by atoms with Crippen LogP contribution in [0.15, 0.2) is 250 Å². The van der Waals surface area contributed by atoms with Crippen molar-refractivity contribution in [2.24, 2.45) is 5.73 Å². The Morgan fingerprint density at radius 3 is 1.93 bits per heavy atom. The number of rotatable bonds is 9. The van der Waals surface area contributed by atoms with Gasteiger partial charge in [-0.15, -0.1) is 0 Å². The number of nitrogens with zero attached hydrogens (tertiary/aromatic N) is 6. The molecule has 0 bridgehead atoms. The SMILES string of the molecule is C=C1CC[C@@H]2C(/C=C/c3ccc(C4=CCCC(F)=C4)cn3)c3ccccc3CN12.C=C1CN2Cc3ccccc3C(/C=C/c3ccc(-c4cccc(F)c4)nc3)[C@H]2O1.C=C1NC[C@]2(N)C(/C=C/c3ccc(-c4cccc(F)c4)cn3)c3ccccc3CN12. The summed E-state index contributed by atoms with van der Waals surface area (Å²) < 4.78 is 46.5. The van der Waals surface area contributed by atoms with Gasteiger partial charge in [0.25, 0.3) is 0 Å². The zero-order valence-electron chi connectivity index (χ0n) is 49.0. The second kappa shape index (κ2) is 25.0. The van der Waals surface area contributed by atoms with E-state index in [0.29, 0.717) is 24.9 Å². The average Bonchev–Trinajstić information content (AvgIpc) is 1.79. The average molecular weight is 1170 g/mol. The van der Waals surface area contributed by atoms with Gasteiger partial charge in [0.2, 0.25) is 0 Å². The molecule has 0 radical (unpaired) electrons. The number of nitrogens with two attached hydrogens (primary N) is 1. The van der Waals surface area contributed by atoms with E-state index in [0.717, 1.165) is 107 Å². The van der Waals surface area contributed by atoms with Crippen LogP contribution in [-0.2, 0) is 24.4 Å². The normalized spacial score (nSPS) is 22.5. The van der Waals surface area contributed by atoms with E-state index < -0.39 is 5.66 Å². The standard InChI is InChI=1S/C26H25FN2.C25H23FN4.C25H21FN2O/c1-18-9-14-26-25(24-8-3-2-5-21(24)17-29(18)26)13-12-23-11-10-20(16-28-23)19-6-4-7-22(27)15-19;1-17-29-16-25(27)24(23-8-3-2-5-20(23)15-30(17)25)12-11-22-10-9-19(14-28-22)18-6-4-7-21(26)13-18;1-17-15-28-16-20-5-2-3-8-22(20)23(25(28)29-17)11-9-18-10-12-24(27-14-18)19-6-4-7-21(26)13-19/h2-3,5-6,8,10-13,15-16,25-26H,1,4,7,9,14,17H2;2-14,24,29H,1,15-16,27H2;2-14,23,25H,1,15-16H2/b13-12+;12-11+;11-9+/t25?,26-;24?,25-;23?,25-/m111/s1. The molecule has 3 saturated heterocycles. The van der Waals surface area contributed by atoms with Gasteiger partial charge in [-0.2, -0.15) is 0 Å². The van der Waals surface area contributed by atoms with E-state index >= 15 is 0 Å². The molecule has 440 valence electrons. The zero-order chi connectivity index (χ0) is 60.3. The quantitative estimate of drug-likeness (QED) is 0.146. The molecule has 12 heteroatoms. The molecule has 8 aromatic rings. The summed E-state index contributed by atoms with van der Waals surface area (Å²) in [5, 5.41) is 3.32. The first-order valence-electron chi connectivity index (χ1n) is 30.2. The first kappa shape index (κ1) is 57.5. The number of nitrogens with one attached hydrogen (secondary N) is 1. The Balaban J connectivity index is 0.000000122. The number of hydrogen-bond donors (Lipinski definition) is 2. The summed E-state index contributed by atoms with van der Waals surface area (Å²) in [6.07, 6.45) is 25.4. The number of allylic oxidation sites excluding steroid dienone is 5. The van der Waals surface area contributed by atoms with Gasteiger partial charge in [-0.3, -0.25) is 19.9 Å². The maximum Gasteiger partial charge on any atom is 0.163 e. The van der Waals surface area contributed by atoms with Crippen LogP contribution < -0.4 is 11.1 Å². The summed E-state index contributed by atoms with van der Waals surface area (Å²) in [6.45, 7) is 16.4. The summed E-state index contributed by atoms with van der Waals surface area (Å²) in [5.41, 5.74) is 23.4. The fourth-order valence-corrected chi connectivity index (χ4v) is 13.4. The van der Waals surface area contributed by atoms with Gasteiger partial charge in [-0.25, -0.2) is 13.2 Å². The largest absolute Gasteiger partial charge is 0.478 e. The number of aromatic nitrogens is 3. The Hall–Kier alpha value is -9.62. The van der Waals surface area contributed by atoms with Gasteiger partial charge in [0, 0.05) is 79.3 Å². The van der Waals surface area contributed by atoms with Crippen LogP contribution in [0.1, 0.15) is 99.3 Å². The minimum absolute atomic E-state index is 0.00102. The van der Waals surface area contributed by atoms with Crippen LogP contribution in [0, 0.1) is 11.6 Å². The fourth-order valence-electron chi connectivity index (χ4n) is 13.4. The minimum Gasteiger partial charge on any atom is -0.478 e. The van der Waals surface area contributed by atoms with Crippen LogP contribution in [-0.4, -0.2) is 60.7 Å². The first-order valence-corrected chi connectivity index (χ1v) is 30.2. The van der Waals surface area contributed by atoms with Gasteiger partial charge in [0.1, 0.15) is 28.9 Å². The highest BCUT2D eigenvalue weighted by atomic mass is 19.1. The molecular formula is C76H69F3N8O. The van der Waals surface area contributed by atoms with E-state index in [-0.39, 0.29) is 35.5 Å². The van der Waals surface area contributed by atoms with Gasteiger partial charge in [-0.05, 0) is 136 Å². The van der Waals surface area contributed by atoms with Crippen molar-refractivity contribution in [3.8, 4) is 22.4 Å². The van der Waals surface area contributed by atoms with Gasteiger partial charge < -0.3 is 25.6 Å². The van der Waals surface area contributed by atoms with Gasteiger partial charge in [-0.1, -0.05) is 165 Å². The van der Waals surface area contributed by atoms with E-state index in [2.05, 4.69) is 164 Å². The Bertz CT molecular complexity index is 4100. The third-order valence-electron chi connectivity index (χ3n) is 17.9. The van der Waals surface area contributed by atoms with E-state index in [4.69, 9.17) is 10.5 Å². The molecule has 9 heterocycles. The number of benzene rings is 5. The van der Waals surface area contributed by atoms with Crippen molar-refractivity contribution in [1.82, 2.24) is 35.0 Å². The molecule has 0 spiro atoms. The number of hydrogen-bond acceptors (Lipinski definition) is 9. The molecule has 5 aromatic carbocycles. The van der Waals surface area contributed by atoms with E-state index in [1.54, 1.807) is 24.4 Å². The number of ether oxygens (including phenoxy) is 1. The molecular weight excluding hydrogens is 1100 g/mol. The van der Waals surface area contributed by atoms with Crippen LogP contribution in [0.2, 0.25) is 0 Å². The summed E-state index contributed by atoms with van der Waals surface area (Å²) in [4.78, 5) is 20.6. The predicted octanol–water partition coefficient (Wildman–Crippen LogP) is 16.0. The highest BCUT2D eigenvalue weighted by molar-refractivity contribution is 5.75. The Morgan fingerprint density at radius 1 is 0.591 bits per heavy atom. The number of pyridine rings is 3. The van der Waals surface area contributed by atoms with Crippen LogP contribution >= 0.6 is 0 Å². The Kier molecular flexibility index (Phi) is 16.3. The summed E-state index contributed by atoms with van der Waals surface area (Å²) in [7, 11) is 0. The smallest absolute Gasteiger partial charge is 0.163 e. The number of fused-ring (bicyclic) bond motifs is 6. The summed E-state index contributed by atoms with van der Waals surface area (Å²) in [6, 6.07) is 51.1. The lowest BCUT2D eigenvalue weighted by molar-refractivity contribution is 0.0298. The summed E-state index contributed by atoms with van der Waals surface area (Å²) >= 11 is 0. The van der Waals surface area contributed by atoms with Crippen LogP contribution in [0.3, 0.4) is 0 Å². The zero-order valence-corrected chi connectivity index (χ0v) is 49.0. The topological polar surface area (TPSA) is 95.7 Å². The molecule has 3 unspecified atom stereocenters. The highest BCUT2D eigenvalue weighted by Crippen LogP contribution is 2.45. The van der Waals surface area contributed by atoms with Gasteiger partial charge in [0.05, 0.1) is 41.9 Å². The highest BCUT2D eigenvalue weighted by Gasteiger charge is 2.49. The monoisotopic (exact) mass is 1170 g/mol. The maximum absolute atomic E-state index is 13.6. The van der Waals surface area contributed by atoms with Gasteiger partial charge in [0.15, 0.2) is 6.23 Å². The lowest BCUT2D eigenvalue weighted by atomic mass is 9.79. The second-order valence-corrected chi connectivity index (χ2v) is 23.6. The predicted molar refractivity (Wildman–Crippen MR) is 346 cm³/mol. The van der Waals surface area contributed by atoms with Gasteiger partial charge >= 0.3 is 0 Å². The molecule has 1 aliphatic carbocycles. The van der Waals surface area contributed by atoms with E-state index in [1.165, 1.54) is 63.3 Å². The minimum atomic E-state index is -0.566. The van der Waals surface area contributed by atoms with Crippen molar-refractivity contribution in [2.45, 2.75) is 81.0 Å². The lowest BCUT2D eigenvalue weighted by Gasteiger charge is -2.45. The Labute approximate surface area is 513 Å². The van der Waals surface area contributed by atoms with Crippen molar-refractivity contribution in [3.05, 3.63) is 317 Å². The van der Waals surface area contributed by atoms with Crippen molar-refractivity contribution in [2.75, 3.05) is 13.1 Å². The van der Waals surface area contributed by atoms with Crippen molar-refractivity contribution < 1.29 is 17.9 Å². The summed E-state index contributed by atoms with van der Waals surface area (Å²) in [5.74, 6) is 1.60. The molecule has 3 N–H and O–H groups in total. The third kappa shape index (κ3) is 12.1. The van der Waals surface area contributed by atoms with Crippen molar-refractivity contribution in [3.63, 3.8) is 0 Å². The lowest BCUT2D eigenvalue weighted by Crippen LogP contribution is -2.59. The molecule has 9 nitrogen and oxygen atoms in total. The number of halogens is 3. The molecule has 6 aliphatic heterocycles. The molecule has 88 heavy (non-hydrogen) atoms. The van der Waals surface area contributed by atoms with Crippen LogP contribution in [0.5, 0.6) is 0 Å². The van der Waals surface area contributed by atoms with Crippen molar-refractivity contribution >= 4 is 23.8 Å². The molecule has 3 fully saturated rings. The molecule has 0 saturated carbocycles. The fraction of sp³-hybridized carbons (Fsp3) is 0.197. The first-order chi connectivity index (χ1) is 42.9. The van der Waals surface area contributed by atoms with Crippen LogP contribution in [0.25, 0.3) is 46.2 Å². The third-order valence-corrected chi connectivity index (χ3v) is 17.9. The Morgan fingerprint density at radius 2 is 1.24 bits per heavy atom. The molecule has 0 amide bonds. The van der Waals surface area contributed by atoms with Crippen molar-refractivity contribution in [1.29, 1.82) is 0 Å². The molecule has 6 atom stereocenters. The van der Waals surface area contributed by atoms with Crippen LogP contribution in [0.4, 0.5) is 13.2 Å².